The average molecular weight is 1250 g/mol. The van der Waals surface area contributed by atoms with Crippen molar-refractivity contribution in [3.63, 3.8) is 0 Å². The van der Waals surface area contributed by atoms with Crippen molar-refractivity contribution in [1.82, 2.24) is 85.1 Å². The summed E-state index contributed by atoms with van der Waals surface area (Å²) in [5.41, 5.74) is 0. The number of hydrogen-bond donors (Lipinski definition) is 16. The van der Waals surface area contributed by atoms with Crippen molar-refractivity contribution < 1.29 is 36.6 Å². The summed E-state index contributed by atoms with van der Waals surface area (Å²) in [4.78, 5) is 25.0. The number of rotatable bonds is 2. The Bertz CT molecular complexity index is 2260. The van der Waals surface area contributed by atoms with Gasteiger partial charge in [-0.3, -0.25) is 85.1 Å². The second-order valence-corrected chi connectivity index (χ2v) is 32.2. The zero-order chi connectivity index (χ0) is 57.3. The van der Waals surface area contributed by atoms with E-state index in [1.165, 1.54) is 154 Å². The molecule has 1 radical (unpaired) electrons. The van der Waals surface area contributed by atoms with Gasteiger partial charge >= 0.3 is 16.8 Å². The first kappa shape index (κ1) is 60.7. The molecule has 0 spiro atoms. The normalized spacial score (nSPS) is 55.4. The third-order valence-electron chi connectivity index (χ3n) is 28.4. The van der Waals surface area contributed by atoms with Gasteiger partial charge < -0.3 is 19.8 Å². The molecule has 34 unspecified atom stereocenters. The van der Waals surface area contributed by atoms with Crippen LogP contribution in [0.4, 0.5) is 0 Å². The molecule has 10 saturated heterocycles. The van der Waals surface area contributed by atoms with E-state index in [2.05, 4.69) is 85.1 Å². The summed E-state index contributed by atoms with van der Waals surface area (Å²) < 4.78 is 0. The minimum atomic E-state index is -0.857. The Labute approximate surface area is 528 Å². The van der Waals surface area contributed by atoms with Crippen LogP contribution < -0.4 is 95.3 Å². The maximum absolute atomic E-state index is 12.5. The predicted molar refractivity (Wildman–Crippen MR) is 322 cm³/mol. The SMILES string of the molecule is O=C([O-])C1CCCC2C3NC4NC(NC5NC(NC6NC(NC(N3)C12)C1CCCCC61)C1CCCCC51)C1CCCCC41.O=C([O-])C1CCCC2C3NC4NC(NC5NC(NC6NC(NC(N3)C12)C1CCCCC61)C1CCCCC51)C1CCCCC41.[Co+2]. The first-order chi connectivity index (χ1) is 42.2. The van der Waals surface area contributed by atoms with Crippen molar-refractivity contribution in [2.45, 2.75) is 291 Å². The van der Waals surface area contributed by atoms with E-state index in [9.17, 15) is 19.8 Å². The number of carbonyl (C=O) groups excluding carboxylic acids is 2. The summed E-state index contributed by atoms with van der Waals surface area (Å²) in [5.74, 6) is 5.66. The predicted octanol–water partition coefficient (Wildman–Crippen LogP) is 1.16. The minimum Gasteiger partial charge on any atom is -0.550 e. The van der Waals surface area contributed by atoms with E-state index in [0.29, 0.717) is 120 Å². The third-order valence-corrected chi connectivity index (χ3v) is 28.4. The number of fused-ring (bicyclic) bond motifs is 40. The quantitative estimate of drug-likeness (QED) is 0.185. The van der Waals surface area contributed by atoms with E-state index in [4.69, 9.17) is 0 Å². The Hall–Kier alpha value is -1.19. The van der Waals surface area contributed by atoms with Gasteiger partial charge in [0.1, 0.15) is 0 Å². The maximum Gasteiger partial charge on any atom is 2.00 e. The Morgan fingerprint density at radius 2 is 0.333 bits per heavy atom. The molecule has 0 aromatic carbocycles. The van der Waals surface area contributed by atoms with Crippen LogP contribution in [0.3, 0.4) is 0 Å². The summed E-state index contributed by atoms with van der Waals surface area (Å²) in [6, 6.07) is 0. The van der Waals surface area contributed by atoms with Gasteiger partial charge in [0.2, 0.25) is 0 Å². The Balaban J connectivity index is 0.000000139. The van der Waals surface area contributed by atoms with Gasteiger partial charge in [-0.2, -0.15) is 0 Å². The monoisotopic (exact) mass is 1250 g/mol. The van der Waals surface area contributed by atoms with E-state index in [1.54, 1.807) is 0 Å². The number of carboxylic acid groups (broad SMARTS) is 2. The molecule has 8 saturated carbocycles. The van der Waals surface area contributed by atoms with E-state index in [-0.39, 0.29) is 90.3 Å². The fraction of sp³-hybridized carbons (Fsp3) is 0.970. The maximum atomic E-state index is 12.5. The van der Waals surface area contributed by atoms with Crippen LogP contribution in [0.25, 0.3) is 0 Å². The molecule has 10 aliphatic heterocycles. The number of hydrogen-bond acceptors (Lipinski definition) is 20. The van der Waals surface area contributed by atoms with Gasteiger partial charge in [-0.1, -0.05) is 89.9 Å². The van der Waals surface area contributed by atoms with E-state index in [0.717, 1.165) is 38.5 Å². The zero-order valence-corrected chi connectivity index (χ0v) is 52.9. The van der Waals surface area contributed by atoms with Crippen LogP contribution >= 0.6 is 0 Å². The molecule has 20 nitrogen and oxygen atoms in total. The second-order valence-electron chi connectivity index (χ2n) is 32.2. The molecule has 0 aromatic heterocycles. The number of aliphatic carboxylic acids is 2. The first-order valence-electron chi connectivity index (χ1n) is 36.8. The van der Waals surface area contributed by atoms with Crippen molar-refractivity contribution in [3.05, 3.63) is 0 Å². The molecule has 18 aliphatic rings. The summed E-state index contributed by atoms with van der Waals surface area (Å²) >= 11 is 0. The fourth-order valence-electron chi connectivity index (χ4n) is 24.7. The Morgan fingerprint density at radius 1 is 0.195 bits per heavy atom. The van der Waals surface area contributed by atoms with Crippen LogP contribution in [0.15, 0.2) is 0 Å². The van der Waals surface area contributed by atoms with E-state index >= 15 is 0 Å². The largest absolute Gasteiger partial charge is 2.00 e. The molecule has 18 fully saturated rings. The molecule has 0 aromatic rings. The van der Waals surface area contributed by atoms with Gasteiger partial charge in [-0.25, -0.2) is 0 Å². The standard InChI is InChI=1S/2C33H56N8O2.Co/c2*42-33(43)23-15-7-14-22-24(23)32-40-30-21-13-6-5-12-20(21)28(38-30)36-26-17-9-2-1-8-16(17)25(34-26)35-27-18-10-3-4-11-19(18)29(37-27)39-31(22)41-32;/h2*16-32,34-41H,1-15H2,(H,42,43);/q;;+2/p-2. The van der Waals surface area contributed by atoms with Crippen molar-refractivity contribution in [3.8, 4) is 0 Å². The van der Waals surface area contributed by atoms with Crippen molar-refractivity contribution in [1.29, 1.82) is 0 Å². The molecule has 487 valence electrons. The van der Waals surface area contributed by atoms with Gasteiger partial charge in [-0.05, 0) is 186 Å². The van der Waals surface area contributed by atoms with Crippen LogP contribution in [0.1, 0.15) is 193 Å². The zero-order valence-electron chi connectivity index (χ0n) is 51.8. The van der Waals surface area contributed by atoms with Crippen LogP contribution in [0.5, 0.6) is 0 Å². The van der Waals surface area contributed by atoms with E-state index in [1.807, 2.05) is 0 Å². The third kappa shape index (κ3) is 11.1. The number of carbonyl (C=O) groups is 2. The van der Waals surface area contributed by atoms with Crippen molar-refractivity contribution in [2.24, 2.45) is 107 Å². The van der Waals surface area contributed by atoms with Gasteiger partial charge in [0.25, 0.3) is 0 Å². The van der Waals surface area contributed by atoms with Crippen LogP contribution in [0, 0.1) is 107 Å². The average Bonchev–Trinajstić information content (AvgIpc) is 1.98. The topological polar surface area (TPSA) is 273 Å². The van der Waals surface area contributed by atoms with Gasteiger partial charge in [0.05, 0.1) is 98.7 Å². The molecular formula is C66H110CoN16O4. The smallest absolute Gasteiger partial charge is 0.550 e. The first-order valence-corrected chi connectivity index (χ1v) is 36.8. The molecule has 21 heteroatoms. The number of nitrogens with one attached hydrogen (secondary N) is 16. The van der Waals surface area contributed by atoms with Crippen molar-refractivity contribution >= 4 is 11.9 Å². The van der Waals surface area contributed by atoms with Gasteiger partial charge in [0.15, 0.2) is 0 Å². The Morgan fingerprint density at radius 3 is 0.494 bits per heavy atom. The van der Waals surface area contributed by atoms with Gasteiger partial charge in [-0.15, -0.1) is 0 Å². The molecule has 16 bridgehead atoms. The number of carboxylic acids is 2. The molecule has 18 rings (SSSR count). The van der Waals surface area contributed by atoms with Gasteiger partial charge in [0, 0.05) is 35.6 Å². The van der Waals surface area contributed by atoms with E-state index < -0.39 is 23.8 Å². The molecule has 87 heavy (non-hydrogen) atoms. The summed E-state index contributed by atoms with van der Waals surface area (Å²) in [6.07, 6.45) is 40.3. The van der Waals surface area contributed by atoms with Crippen molar-refractivity contribution in [2.75, 3.05) is 0 Å². The van der Waals surface area contributed by atoms with Crippen LogP contribution in [-0.2, 0) is 26.4 Å². The Kier molecular flexibility index (Phi) is 17.8. The molecule has 10 heterocycles. The van der Waals surface area contributed by atoms with Crippen LogP contribution in [-0.4, -0.2) is 111 Å². The summed E-state index contributed by atoms with van der Waals surface area (Å²) in [5, 5.41) is 90.7. The second kappa shape index (κ2) is 25.5. The molecular weight excluding hydrogens is 1140 g/mol. The summed E-state index contributed by atoms with van der Waals surface area (Å²) in [7, 11) is 0. The molecule has 8 aliphatic carbocycles. The molecule has 34 atom stereocenters. The molecule has 0 amide bonds. The molecule has 16 N–H and O–H groups in total. The van der Waals surface area contributed by atoms with Crippen LogP contribution in [0.2, 0.25) is 0 Å². The minimum absolute atomic E-state index is 0. The summed E-state index contributed by atoms with van der Waals surface area (Å²) in [6.45, 7) is 0. The fourth-order valence-corrected chi connectivity index (χ4v) is 24.7.